The fourth-order valence-electron chi connectivity index (χ4n) is 3.55. The molecular formula is C20H30N4O3. The van der Waals surface area contributed by atoms with E-state index >= 15 is 0 Å². The summed E-state index contributed by atoms with van der Waals surface area (Å²) in [5.74, 6) is 0. The third kappa shape index (κ3) is 4.28. The predicted octanol–water partition coefficient (Wildman–Crippen LogP) is 3.72. The molecule has 27 heavy (non-hydrogen) atoms. The molecule has 1 aliphatic heterocycles. The van der Waals surface area contributed by atoms with Gasteiger partial charge in [-0.05, 0) is 52.2 Å². The van der Waals surface area contributed by atoms with Gasteiger partial charge in [-0.1, -0.05) is 13.0 Å². The van der Waals surface area contributed by atoms with Crippen molar-refractivity contribution < 1.29 is 9.53 Å². The second kappa shape index (κ2) is 7.66. The van der Waals surface area contributed by atoms with Crippen molar-refractivity contribution in [1.82, 2.24) is 14.5 Å². The number of hydrogen-bond donors (Lipinski definition) is 2. The first-order valence-corrected chi connectivity index (χ1v) is 9.75. The summed E-state index contributed by atoms with van der Waals surface area (Å²) in [6, 6.07) is 6.01. The molecule has 0 aliphatic carbocycles. The lowest BCUT2D eigenvalue weighted by molar-refractivity contribution is 0.0189. The van der Waals surface area contributed by atoms with Gasteiger partial charge in [0.05, 0.1) is 16.7 Å². The van der Waals surface area contributed by atoms with E-state index in [2.05, 4.69) is 17.2 Å². The average molecular weight is 374 g/mol. The number of rotatable bonds is 4. The number of aromatic amines is 1. The van der Waals surface area contributed by atoms with E-state index in [1.165, 1.54) is 0 Å². The Hall–Kier alpha value is -2.44. The van der Waals surface area contributed by atoms with Gasteiger partial charge in [0.15, 0.2) is 0 Å². The Balaban J connectivity index is 1.77. The number of ether oxygens (including phenoxy) is 1. The minimum atomic E-state index is -0.496. The van der Waals surface area contributed by atoms with Gasteiger partial charge in [0, 0.05) is 25.7 Å². The third-order valence-electron chi connectivity index (χ3n) is 4.80. The fraction of sp³-hybridized carbons (Fsp3) is 0.600. The van der Waals surface area contributed by atoms with E-state index in [-0.39, 0.29) is 17.8 Å². The number of carbonyl (C=O) groups is 1. The lowest BCUT2D eigenvalue weighted by Crippen LogP contribution is -2.43. The Kier molecular flexibility index (Phi) is 5.48. The van der Waals surface area contributed by atoms with Crippen molar-refractivity contribution in [2.24, 2.45) is 0 Å². The number of aromatic nitrogens is 2. The molecule has 0 bridgehead atoms. The number of para-hydroxylation sites is 1. The number of likely N-dealkylation sites (tertiary alicyclic amines) is 1. The fourth-order valence-corrected chi connectivity index (χ4v) is 3.55. The molecule has 0 saturated carbocycles. The lowest BCUT2D eigenvalue weighted by Gasteiger charge is -2.33. The molecule has 2 aromatic rings. The Bertz CT molecular complexity index is 854. The van der Waals surface area contributed by atoms with Crippen LogP contribution >= 0.6 is 0 Å². The van der Waals surface area contributed by atoms with Crippen molar-refractivity contribution in [2.45, 2.75) is 58.6 Å². The first-order valence-electron chi connectivity index (χ1n) is 9.75. The summed E-state index contributed by atoms with van der Waals surface area (Å²) in [5.41, 5.74) is 2.13. The van der Waals surface area contributed by atoms with Crippen LogP contribution in [0.2, 0.25) is 0 Å². The first-order chi connectivity index (χ1) is 12.8. The van der Waals surface area contributed by atoms with E-state index in [1.807, 2.05) is 43.5 Å². The molecule has 0 radical (unpaired) electrons. The molecule has 148 valence electrons. The molecule has 2 heterocycles. The molecule has 7 nitrogen and oxygen atoms in total. The lowest BCUT2D eigenvalue weighted by atomic mass is 10.0. The molecule has 2 N–H and O–H groups in total. The van der Waals surface area contributed by atoms with Crippen LogP contribution in [0.4, 0.5) is 10.5 Å². The molecule has 1 amide bonds. The van der Waals surface area contributed by atoms with E-state index in [9.17, 15) is 9.59 Å². The number of anilines is 1. The number of imidazole rings is 1. The van der Waals surface area contributed by atoms with Crippen LogP contribution in [0, 0.1) is 0 Å². The number of amides is 1. The highest BCUT2D eigenvalue weighted by molar-refractivity contribution is 5.88. The van der Waals surface area contributed by atoms with E-state index in [1.54, 1.807) is 4.90 Å². The normalized spacial score (nSPS) is 15.9. The molecule has 7 heteroatoms. The van der Waals surface area contributed by atoms with Crippen LogP contribution in [0.1, 0.15) is 53.0 Å². The van der Waals surface area contributed by atoms with Gasteiger partial charge in [-0.25, -0.2) is 9.59 Å². The smallest absolute Gasteiger partial charge is 0.410 e. The summed E-state index contributed by atoms with van der Waals surface area (Å²) in [6.07, 6.45) is 2.21. The number of benzene rings is 1. The quantitative estimate of drug-likeness (QED) is 0.855. The van der Waals surface area contributed by atoms with Crippen LogP contribution in [0.3, 0.4) is 0 Å². The maximum absolute atomic E-state index is 12.6. The molecule has 3 rings (SSSR count). The highest BCUT2D eigenvalue weighted by atomic mass is 16.6. The maximum Gasteiger partial charge on any atom is 0.410 e. The van der Waals surface area contributed by atoms with Crippen LogP contribution in [0.5, 0.6) is 0 Å². The monoisotopic (exact) mass is 374 g/mol. The predicted molar refractivity (Wildman–Crippen MR) is 107 cm³/mol. The molecule has 0 unspecified atom stereocenters. The molecular weight excluding hydrogens is 344 g/mol. The van der Waals surface area contributed by atoms with Crippen molar-refractivity contribution in [3.63, 3.8) is 0 Å². The molecule has 1 aliphatic rings. The van der Waals surface area contributed by atoms with Gasteiger partial charge >= 0.3 is 11.8 Å². The van der Waals surface area contributed by atoms with Gasteiger partial charge in [-0.2, -0.15) is 0 Å². The zero-order valence-corrected chi connectivity index (χ0v) is 16.7. The SMILES string of the molecule is CCCNc1cccc2c1[nH]c(=O)n2C1CCN(C(=O)OC(C)(C)C)CC1. The van der Waals surface area contributed by atoms with E-state index in [4.69, 9.17) is 4.74 Å². The number of piperidine rings is 1. The highest BCUT2D eigenvalue weighted by Gasteiger charge is 2.29. The molecule has 1 aromatic carbocycles. The van der Waals surface area contributed by atoms with Crippen molar-refractivity contribution in [2.75, 3.05) is 25.0 Å². The van der Waals surface area contributed by atoms with Crippen LogP contribution in [-0.2, 0) is 4.74 Å². The maximum atomic E-state index is 12.6. The highest BCUT2D eigenvalue weighted by Crippen LogP contribution is 2.28. The first kappa shape index (κ1) is 19.3. The van der Waals surface area contributed by atoms with Crippen LogP contribution in [0.15, 0.2) is 23.0 Å². The molecule has 0 atom stereocenters. The molecule has 1 saturated heterocycles. The Morgan fingerprint density at radius 2 is 2.00 bits per heavy atom. The molecule has 1 fully saturated rings. The van der Waals surface area contributed by atoms with Gasteiger partial charge in [0.25, 0.3) is 0 Å². The number of nitrogens with one attached hydrogen (secondary N) is 2. The van der Waals surface area contributed by atoms with Crippen molar-refractivity contribution in [3.05, 3.63) is 28.7 Å². The Labute approximate surface area is 159 Å². The van der Waals surface area contributed by atoms with Gasteiger partial charge in [0.1, 0.15) is 5.60 Å². The number of H-pyrrole nitrogens is 1. The van der Waals surface area contributed by atoms with Gasteiger partial charge in [0.2, 0.25) is 0 Å². The molecule has 0 spiro atoms. The second-order valence-corrected chi connectivity index (χ2v) is 8.13. The van der Waals surface area contributed by atoms with Crippen molar-refractivity contribution >= 4 is 22.8 Å². The zero-order valence-electron chi connectivity index (χ0n) is 16.7. The van der Waals surface area contributed by atoms with E-state index in [0.29, 0.717) is 13.1 Å². The van der Waals surface area contributed by atoms with Gasteiger partial charge < -0.3 is 19.9 Å². The molecule has 1 aromatic heterocycles. The van der Waals surface area contributed by atoms with Gasteiger partial charge in [-0.15, -0.1) is 0 Å². The van der Waals surface area contributed by atoms with Crippen molar-refractivity contribution in [1.29, 1.82) is 0 Å². The summed E-state index contributed by atoms with van der Waals surface area (Å²) in [6.45, 7) is 9.76. The minimum Gasteiger partial charge on any atom is -0.444 e. The van der Waals surface area contributed by atoms with Crippen LogP contribution < -0.4 is 11.0 Å². The summed E-state index contributed by atoms with van der Waals surface area (Å²) < 4.78 is 7.30. The second-order valence-electron chi connectivity index (χ2n) is 8.13. The number of carbonyl (C=O) groups excluding carboxylic acids is 1. The van der Waals surface area contributed by atoms with Crippen LogP contribution in [0.25, 0.3) is 11.0 Å². The van der Waals surface area contributed by atoms with Crippen molar-refractivity contribution in [3.8, 4) is 0 Å². The Morgan fingerprint density at radius 3 is 2.63 bits per heavy atom. The van der Waals surface area contributed by atoms with E-state index < -0.39 is 5.60 Å². The minimum absolute atomic E-state index is 0.0753. The standard InChI is InChI=1S/C20H30N4O3/c1-5-11-21-15-7-6-8-16-17(15)22-18(25)24(16)14-9-12-23(13-10-14)19(26)27-20(2,3)4/h6-8,14,21H,5,9-13H2,1-4H3,(H,22,25). The summed E-state index contributed by atoms with van der Waals surface area (Å²) in [7, 11) is 0. The third-order valence-corrected chi connectivity index (χ3v) is 4.80. The number of fused-ring (bicyclic) bond motifs is 1. The topological polar surface area (TPSA) is 79.4 Å². The van der Waals surface area contributed by atoms with Gasteiger partial charge in [-0.3, -0.25) is 4.57 Å². The zero-order chi connectivity index (χ0) is 19.6. The van der Waals surface area contributed by atoms with Crippen LogP contribution in [-0.4, -0.2) is 45.8 Å². The number of nitrogens with zero attached hydrogens (tertiary/aromatic N) is 2. The number of hydrogen-bond acceptors (Lipinski definition) is 4. The largest absolute Gasteiger partial charge is 0.444 e. The average Bonchev–Trinajstić information content (AvgIpc) is 2.95. The summed E-state index contributed by atoms with van der Waals surface area (Å²) in [4.78, 5) is 29.6. The summed E-state index contributed by atoms with van der Waals surface area (Å²) in [5, 5.41) is 3.37. The summed E-state index contributed by atoms with van der Waals surface area (Å²) >= 11 is 0. The van der Waals surface area contributed by atoms with E-state index in [0.717, 1.165) is 42.5 Å². The Morgan fingerprint density at radius 1 is 1.30 bits per heavy atom.